The van der Waals surface area contributed by atoms with E-state index in [1.807, 2.05) is 0 Å². The summed E-state index contributed by atoms with van der Waals surface area (Å²) in [6, 6.07) is 0. The number of oxime groups is 1. The van der Waals surface area contributed by atoms with Crippen molar-refractivity contribution in [1.82, 2.24) is 0 Å². The van der Waals surface area contributed by atoms with E-state index in [1.165, 1.54) is 12.8 Å². The van der Waals surface area contributed by atoms with Gasteiger partial charge in [-0.15, -0.1) is 0 Å². The van der Waals surface area contributed by atoms with Gasteiger partial charge in [0.05, 0.1) is 5.71 Å². The van der Waals surface area contributed by atoms with Gasteiger partial charge in [0.1, 0.15) is 6.67 Å². The lowest BCUT2D eigenvalue weighted by Gasteiger charge is -2.12. The first-order valence-corrected chi connectivity index (χ1v) is 4.65. The molecule has 3 heteroatoms. The van der Waals surface area contributed by atoms with Crippen LogP contribution in [0, 0.1) is 5.92 Å². The number of halogens is 1. The third-order valence-corrected chi connectivity index (χ3v) is 2.59. The fourth-order valence-electron chi connectivity index (χ4n) is 1.83. The van der Waals surface area contributed by atoms with Gasteiger partial charge in [-0.1, -0.05) is 30.8 Å². The van der Waals surface area contributed by atoms with Crippen LogP contribution in [0.25, 0.3) is 0 Å². The van der Waals surface area contributed by atoms with Gasteiger partial charge in [-0.05, 0) is 12.8 Å². The predicted octanol–water partition coefficient (Wildman–Crippen LogP) is 2.76. The first-order valence-electron chi connectivity index (χ1n) is 4.65. The monoisotopic (exact) mass is 173 g/mol. The summed E-state index contributed by atoms with van der Waals surface area (Å²) in [5.74, 6) is 0.197. The summed E-state index contributed by atoms with van der Waals surface area (Å²) in [5.41, 5.74) is 0.344. The van der Waals surface area contributed by atoms with Crippen LogP contribution in [0.15, 0.2) is 5.16 Å². The summed E-state index contributed by atoms with van der Waals surface area (Å²) in [6.45, 7) is -0.596. The molecule has 0 aliphatic heterocycles. The Morgan fingerprint density at radius 1 is 1.25 bits per heavy atom. The molecule has 0 amide bonds. The van der Waals surface area contributed by atoms with Crippen LogP contribution >= 0.6 is 0 Å². The Morgan fingerprint density at radius 3 is 2.25 bits per heavy atom. The molecular formula is C9H16FNO. The molecule has 1 rings (SSSR count). The molecule has 1 N–H and O–H groups in total. The maximum atomic E-state index is 12.3. The summed E-state index contributed by atoms with van der Waals surface area (Å²) in [4.78, 5) is 0. The van der Waals surface area contributed by atoms with Crippen LogP contribution in [0.5, 0.6) is 0 Å². The third-order valence-electron chi connectivity index (χ3n) is 2.59. The predicted molar refractivity (Wildman–Crippen MR) is 46.4 cm³/mol. The third kappa shape index (κ3) is 2.47. The van der Waals surface area contributed by atoms with Gasteiger partial charge in [0, 0.05) is 5.92 Å². The average molecular weight is 173 g/mol. The van der Waals surface area contributed by atoms with Crippen molar-refractivity contribution in [2.75, 3.05) is 6.67 Å². The molecule has 1 aliphatic rings. The van der Waals surface area contributed by atoms with E-state index in [-0.39, 0.29) is 5.92 Å². The first-order chi connectivity index (χ1) is 5.88. The van der Waals surface area contributed by atoms with Crippen molar-refractivity contribution < 1.29 is 9.60 Å². The Bertz CT molecular complexity index is 151. The SMILES string of the molecule is ON=C(CF)C1CCCCCC1. The zero-order chi connectivity index (χ0) is 8.81. The highest BCUT2D eigenvalue weighted by Gasteiger charge is 2.18. The van der Waals surface area contributed by atoms with Gasteiger partial charge in [-0.25, -0.2) is 4.39 Å². The number of nitrogens with zero attached hydrogens (tertiary/aromatic N) is 1. The van der Waals surface area contributed by atoms with Crippen LogP contribution < -0.4 is 0 Å². The lowest BCUT2D eigenvalue weighted by Crippen LogP contribution is -2.15. The highest BCUT2D eigenvalue weighted by atomic mass is 19.1. The minimum absolute atomic E-state index is 0.197. The van der Waals surface area contributed by atoms with E-state index in [9.17, 15) is 4.39 Å². The second-order valence-electron chi connectivity index (χ2n) is 3.41. The number of hydrogen-bond donors (Lipinski definition) is 1. The molecule has 0 unspecified atom stereocenters. The van der Waals surface area contributed by atoms with Crippen molar-refractivity contribution in [3.05, 3.63) is 0 Å². The normalized spacial score (nSPS) is 22.2. The maximum absolute atomic E-state index is 12.3. The van der Waals surface area contributed by atoms with Gasteiger partial charge in [-0.3, -0.25) is 0 Å². The van der Waals surface area contributed by atoms with Crippen LogP contribution in [-0.2, 0) is 0 Å². The summed E-state index contributed by atoms with van der Waals surface area (Å²) < 4.78 is 12.3. The van der Waals surface area contributed by atoms with Crippen LogP contribution in [0.1, 0.15) is 38.5 Å². The Balaban J connectivity index is 2.47. The van der Waals surface area contributed by atoms with Gasteiger partial charge in [0.2, 0.25) is 0 Å². The molecule has 0 aromatic heterocycles. The Kier molecular flexibility index (Phi) is 4.05. The van der Waals surface area contributed by atoms with E-state index in [1.54, 1.807) is 0 Å². The molecule has 0 bridgehead atoms. The van der Waals surface area contributed by atoms with E-state index < -0.39 is 6.67 Å². The lowest BCUT2D eigenvalue weighted by atomic mass is 9.95. The molecule has 1 saturated carbocycles. The Hall–Kier alpha value is -0.600. The number of alkyl halides is 1. The largest absolute Gasteiger partial charge is 0.411 e. The molecule has 0 heterocycles. The molecule has 12 heavy (non-hydrogen) atoms. The minimum Gasteiger partial charge on any atom is -0.411 e. The molecule has 0 saturated heterocycles. The van der Waals surface area contributed by atoms with E-state index >= 15 is 0 Å². The molecule has 1 aliphatic carbocycles. The Morgan fingerprint density at radius 2 is 1.83 bits per heavy atom. The molecule has 70 valence electrons. The van der Waals surface area contributed by atoms with Crippen molar-refractivity contribution >= 4 is 5.71 Å². The van der Waals surface area contributed by atoms with Crippen LogP contribution in [0.4, 0.5) is 4.39 Å². The van der Waals surface area contributed by atoms with E-state index in [0.29, 0.717) is 5.71 Å². The van der Waals surface area contributed by atoms with Crippen LogP contribution in [-0.4, -0.2) is 17.6 Å². The highest BCUT2D eigenvalue weighted by Crippen LogP contribution is 2.24. The number of hydrogen-bond acceptors (Lipinski definition) is 2. The molecule has 2 nitrogen and oxygen atoms in total. The zero-order valence-corrected chi connectivity index (χ0v) is 7.30. The van der Waals surface area contributed by atoms with E-state index in [2.05, 4.69) is 5.16 Å². The standard InChI is InChI=1S/C9H16FNO/c10-7-9(11-12)8-5-3-1-2-4-6-8/h8,12H,1-7H2. The summed E-state index contributed by atoms with van der Waals surface area (Å²) in [5, 5.41) is 11.5. The highest BCUT2D eigenvalue weighted by molar-refractivity contribution is 5.87. The quantitative estimate of drug-likeness (QED) is 0.296. The summed E-state index contributed by atoms with van der Waals surface area (Å²) in [7, 11) is 0. The molecule has 0 atom stereocenters. The van der Waals surface area contributed by atoms with Crippen molar-refractivity contribution in [1.29, 1.82) is 0 Å². The molecule has 0 aromatic carbocycles. The molecule has 0 radical (unpaired) electrons. The fourth-order valence-corrected chi connectivity index (χ4v) is 1.83. The topological polar surface area (TPSA) is 32.6 Å². The van der Waals surface area contributed by atoms with Crippen LogP contribution in [0.2, 0.25) is 0 Å². The van der Waals surface area contributed by atoms with Crippen molar-refractivity contribution in [3.8, 4) is 0 Å². The average Bonchev–Trinajstić information content (AvgIpc) is 2.35. The Labute approximate surface area is 72.5 Å². The van der Waals surface area contributed by atoms with Crippen molar-refractivity contribution in [3.63, 3.8) is 0 Å². The van der Waals surface area contributed by atoms with Gasteiger partial charge < -0.3 is 5.21 Å². The minimum atomic E-state index is -0.596. The summed E-state index contributed by atoms with van der Waals surface area (Å²) in [6.07, 6.45) is 6.74. The fraction of sp³-hybridized carbons (Fsp3) is 0.889. The molecule has 1 fully saturated rings. The second-order valence-corrected chi connectivity index (χ2v) is 3.41. The van der Waals surface area contributed by atoms with Crippen molar-refractivity contribution in [2.45, 2.75) is 38.5 Å². The molecular weight excluding hydrogens is 157 g/mol. The van der Waals surface area contributed by atoms with Gasteiger partial charge in [-0.2, -0.15) is 0 Å². The summed E-state index contributed by atoms with van der Waals surface area (Å²) >= 11 is 0. The van der Waals surface area contributed by atoms with Gasteiger partial charge in [0.15, 0.2) is 0 Å². The number of rotatable bonds is 2. The molecule has 0 aromatic rings. The van der Waals surface area contributed by atoms with E-state index in [0.717, 1.165) is 25.7 Å². The van der Waals surface area contributed by atoms with Crippen molar-refractivity contribution in [2.24, 2.45) is 11.1 Å². The lowest BCUT2D eigenvalue weighted by molar-refractivity contribution is 0.309. The maximum Gasteiger partial charge on any atom is 0.131 e. The van der Waals surface area contributed by atoms with Gasteiger partial charge >= 0.3 is 0 Å². The molecule has 0 spiro atoms. The first kappa shape index (κ1) is 9.49. The van der Waals surface area contributed by atoms with Crippen LogP contribution in [0.3, 0.4) is 0 Å². The smallest absolute Gasteiger partial charge is 0.131 e. The second kappa shape index (κ2) is 5.12. The zero-order valence-electron chi connectivity index (χ0n) is 7.30. The van der Waals surface area contributed by atoms with E-state index in [4.69, 9.17) is 5.21 Å². The van der Waals surface area contributed by atoms with Gasteiger partial charge in [0.25, 0.3) is 0 Å².